The zero-order valence-electron chi connectivity index (χ0n) is 14.2. The number of amides is 2. The minimum Gasteiger partial charge on any atom is -0.324 e. The van der Waals surface area contributed by atoms with Gasteiger partial charge in [-0.1, -0.05) is 0 Å². The van der Waals surface area contributed by atoms with E-state index in [1.807, 2.05) is 0 Å². The van der Waals surface area contributed by atoms with Gasteiger partial charge in [0.15, 0.2) is 0 Å². The molecule has 0 aliphatic carbocycles. The lowest BCUT2D eigenvalue weighted by Crippen LogP contribution is -2.24. The zero-order chi connectivity index (χ0) is 19.4. The number of carbonyl (C=O) groups is 2. The van der Waals surface area contributed by atoms with Gasteiger partial charge in [-0.25, -0.2) is 18.4 Å². The van der Waals surface area contributed by atoms with Gasteiger partial charge in [0.2, 0.25) is 5.91 Å². The average Bonchev–Trinajstić information content (AvgIpc) is 3.17. The summed E-state index contributed by atoms with van der Waals surface area (Å²) in [6.45, 7) is 1.68. The minimum absolute atomic E-state index is 0.268. The maximum absolute atomic E-state index is 13.6. The second-order valence-electron chi connectivity index (χ2n) is 5.70. The molecule has 0 radical (unpaired) electrons. The van der Waals surface area contributed by atoms with Crippen molar-refractivity contribution in [1.82, 2.24) is 14.8 Å². The molecule has 0 saturated heterocycles. The average molecular weight is 371 g/mol. The summed E-state index contributed by atoms with van der Waals surface area (Å²) in [5.41, 5.74) is 0.638. The first kappa shape index (κ1) is 18.2. The molecule has 0 spiro atoms. The van der Waals surface area contributed by atoms with Gasteiger partial charge in [-0.2, -0.15) is 5.10 Å². The van der Waals surface area contributed by atoms with Crippen LogP contribution in [-0.2, 0) is 4.79 Å². The molecule has 1 aromatic heterocycles. The van der Waals surface area contributed by atoms with Crippen LogP contribution in [0.4, 0.5) is 20.2 Å². The lowest BCUT2D eigenvalue weighted by Gasteiger charge is -2.12. The summed E-state index contributed by atoms with van der Waals surface area (Å²) in [5.74, 6) is -2.70. The van der Waals surface area contributed by atoms with Crippen molar-refractivity contribution in [2.24, 2.45) is 0 Å². The summed E-state index contributed by atoms with van der Waals surface area (Å²) in [6, 6.07) is 8.44. The Kier molecular flexibility index (Phi) is 5.20. The van der Waals surface area contributed by atoms with Gasteiger partial charge in [0.1, 0.15) is 30.3 Å². The van der Waals surface area contributed by atoms with E-state index in [9.17, 15) is 18.4 Å². The van der Waals surface area contributed by atoms with E-state index in [4.69, 9.17) is 0 Å². The molecule has 0 aliphatic heterocycles. The third-order valence-corrected chi connectivity index (χ3v) is 3.80. The molecular formula is C18H15F2N5O2. The molecule has 3 rings (SSSR count). The lowest BCUT2D eigenvalue weighted by molar-refractivity contribution is -0.119. The van der Waals surface area contributed by atoms with E-state index < -0.39 is 23.6 Å². The zero-order valence-corrected chi connectivity index (χ0v) is 14.2. The van der Waals surface area contributed by atoms with Gasteiger partial charge in [0.05, 0.1) is 5.56 Å². The van der Waals surface area contributed by atoms with Gasteiger partial charge in [-0.05, 0) is 43.3 Å². The number of carbonyl (C=O) groups excluding carboxylic acids is 2. The van der Waals surface area contributed by atoms with Crippen LogP contribution < -0.4 is 10.6 Å². The van der Waals surface area contributed by atoms with E-state index in [2.05, 4.69) is 20.7 Å². The first-order chi connectivity index (χ1) is 12.9. The van der Waals surface area contributed by atoms with Crippen molar-refractivity contribution >= 4 is 23.2 Å². The molecule has 3 aromatic rings. The third-order valence-electron chi connectivity index (χ3n) is 3.80. The topological polar surface area (TPSA) is 88.9 Å². The fourth-order valence-electron chi connectivity index (χ4n) is 2.29. The molecule has 27 heavy (non-hydrogen) atoms. The predicted octanol–water partition coefficient (Wildman–Crippen LogP) is 3.01. The molecule has 1 heterocycles. The smallest absolute Gasteiger partial charge is 0.258 e. The number of hydrogen-bond acceptors (Lipinski definition) is 4. The van der Waals surface area contributed by atoms with Crippen molar-refractivity contribution in [3.63, 3.8) is 0 Å². The fraction of sp³-hybridized carbons (Fsp3) is 0.111. The van der Waals surface area contributed by atoms with Crippen LogP contribution in [0.3, 0.4) is 0 Å². The molecule has 0 aliphatic rings. The van der Waals surface area contributed by atoms with Crippen molar-refractivity contribution in [2.45, 2.75) is 13.0 Å². The largest absolute Gasteiger partial charge is 0.324 e. The Morgan fingerprint density at radius 2 is 1.70 bits per heavy atom. The number of nitrogens with zero attached hydrogens (tertiary/aromatic N) is 3. The summed E-state index contributed by atoms with van der Waals surface area (Å²) in [5, 5.41) is 9.13. The molecule has 0 fully saturated rings. The van der Waals surface area contributed by atoms with Crippen LogP contribution in [0.15, 0.2) is 55.1 Å². The van der Waals surface area contributed by atoms with Crippen LogP contribution in [0.1, 0.15) is 23.3 Å². The second-order valence-corrected chi connectivity index (χ2v) is 5.70. The van der Waals surface area contributed by atoms with Crippen molar-refractivity contribution in [3.8, 4) is 0 Å². The number of benzene rings is 2. The SMILES string of the molecule is CC(C(=O)Nc1ccc(NC(=O)c2ccc(F)cc2F)cc1)n1cncn1. The Morgan fingerprint density at radius 3 is 2.30 bits per heavy atom. The molecule has 1 unspecified atom stereocenters. The lowest BCUT2D eigenvalue weighted by atomic mass is 10.2. The summed E-state index contributed by atoms with van der Waals surface area (Å²) in [7, 11) is 0. The molecule has 0 saturated carbocycles. The number of nitrogens with one attached hydrogen (secondary N) is 2. The number of aromatic nitrogens is 3. The fourth-order valence-corrected chi connectivity index (χ4v) is 2.29. The van der Waals surface area contributed by atoms with E-state index in [1.54, 1.807) is 31.2 Å². The molecule has 2 N–H and O–H groups in total. The quantitative estimate of drug-likeness (QED) is 0.722. The van der Waals surface area contributed by atoms with Gasteiger partial charge < -0.3 is 10.6 Å². The Labute approximate surface area is 153 Å². The van der Waals surface area contributed by atoms with Gasteiger partial charge >= 0.3 is 0 Å². The van der Waals surface area contributed by atoms with E-state index >= 15 is 0 Å². The summed E-state index contributed by atoms with van der Waals surface area (Å²) >= 11 is 0. The van der Waals surface area contributed by atoms with Gasteiger partial charge in [-0.3, -0.25) is 9.59 Å². The van der Waals surface area contributed by atoms with Crippen molar-refractivity contribution in [2.75, 3.05) is 10.6 Å². The highest BCUT2D eigenvalue weighted by Gasteiger charge is 2.16. The normalized spacial score (nSPS) is 11.7. The first-order valence-corrected chi connectivity index (χ1v) is 7.95. The van der Waals surface area contributed by atoms with Crippen LogP contribution in [0.5, 0.6) is 0 Å². The summed E-state index contributed by atoms with van der Waals surface area (Å²) in [4.78, 5) is 28.0. The van der Waals surface area contributed by atoms with E-state index in [0.717, 1.165) is 12.1 Å². The van der Waals surface area contributed by atoms with E-state index in [1.165, 1.54) is 17.3 Å². The maximum Gasteiger partial charge on any atom is 0.258 e. The second kappa shape index (κ2) is 7.73. The highest BCUT2D eigenvalue weighted by Crippen LogP contribution is 2.17. The Balaban J connectivity index is 1.63. The highest BCUT2D eigenvalue weighted by molar-refractivity contribution is 6.04. The Hall–Kier alpha value is -3.62. The summed E-state index contributed by atoms with van der Waals surface area (Å²) < 4.78 is 28.0. The molecule has 9 heteroatoms. The standard InChI is InChI=1S/C18H15F2N5O2/c1-11(25-10-21-9-22-25)17(26)23-13-3-5-14(6-4-13)24-18(27)15-7-2-12(19)8-16(15)20/h2-11H,1H3,(H,23,26)(H,24,27). The van der Waals surface area contributed by atoms with Crippen LogP contribution in [0.25, 0.3) is 0 Å². The maximum atomic E-state index is 13.6. The van der Waals surface area contributed by atoms with Gasteiger partial charge in [0.25, 0.3) is 5.91 Å². The van der Waals surface area contributed by atoms with Gasteiger partial charge in [0, 0.05) is 17.4 Å². The van der Waals surface area contributed by atoms with Crippen LogP contribution >= 0.6 is 0 Å². The number of anilines is 2. The van der Waals surface area contributed by atoms with Crippen molar-refractivity contribution < 1.29 is 18.4 Å². The first-order valence-electron chi connectivity index (χ1n) is 7.95. The highest BCUT2D eigenvalue weighted by atomic mass is 19.1. The van der Waals surface area contributed by atoms with Crippen molar-refractivity contribution in [3.05, 3.63) is 72.3 Å². The molecule has 2 amide bonds. The van der Waals surface area contributed by atoms with Crippen LogP contribution in [0.2, 0.25) is 0 Å². The molecule has 1 atom stereocenters. The van der Waals surface area contributed by atoms with E-state index in [-0.39, 0.29) is 11.5 Å². The van der Waals surface area contributed by atoms with Crippen LogP contribution in [-0.4, -0.2) is 26.6 Å². The molecular weight excluding hydrogens is 356 g/mol. The summed E-state index contributed by atoms with van der Waals surface area (Å²) in [6.07, 6.45) is 2.78. The molecule has 2 aromatic carbocycles. The number of rotatable bonds is 5. The van der Waals surface area contributed by atoms with E-state index in [0.29, 0.717) is 17.4 Å². The third kappa shape index (κ3) is 4.32. The Morgan fingerprint density at radius 1 is 1.04 bits per heavy atom. The van der Waals surface area contributed by atoms with Crippen molar-refractivity contribution in [1.29, 1.82) is 0 Å². The van der Waals surface area contributed by atoms with Crippen LogP contribution in [0, 0.1) is 11.6 Å². The molecule has 138 valence electrons. The Bertz CT molecular complexity index is 958. The monoisotopic (exact) mass is 371 g/mol. The minimum atomic E-state index is -0.946. The van der Waals surface area contributed by atoms with Gasteiger partial charge in [-0.15, -0.1) is 0 Å². The number of halogens is 2. The molecule has 0 bridgehead atoms. The number of hydrogen-bond donors (Lipinski definition) is 2. The molecule has 7 nitrogen and oxygen atoms in total. The predicted molar refractivity (Wildman–Crippen MR) is 94.1 cm³/mol.